The average Bonchev–Trinajstić information content (AvgIpc) is 2.76. The molecule has 5 nitrogen and oxygen atoms in total. The van der Waals surface area contributed by atoms with Gasteiger partial charge in [0, 0.05) is 19.7 Å². The lowest BCUT2D eigenvalue weighted by atomic mass is 10.1. The molecule has 1 N–H and O–H groups in total. The second-order valence-corrected chi connectivity index (χ2v) is 5.35. The second kappa shape index (κ2) is 7.45. The largest absolute Gasteiger partial charge is 0.477 e. The first kappa shape index (κ1) is 15.9. The fourth-order valence-corrected chi connectivity index (χ4v) is 3.06. The van der Waals surface area contributed by atoms with Gasteiger partial charge in [-0.25, -0.2) is 9.78 Å². The fourth-order valence-electron chi connectivity index (χ4n) is 2.06. The number of thiazole rings is 1. The van der Waals surface area contributed by atoms with Crippen molar-refractivity contribution in [1.29, 1.82) is 0 Å². The molecule has 0 radical (unpaired) electrons. The Morgan fingerprint density at radius 2 is 2.11 bits per heavy atom. The lowest BCUT2D eigenvalue weighted by molar-refractivity contribution is 0.0701. The predicted molar refractivity (Wildman–Crippen MR) is 77.4 cm³/mol. The van der Waals surface area contributed by atoms with Crippen molar-refractivity contribution in [3.8, 4) is 0 Å². The summed E-state index contributed by atoms with van der Waals surface area (Å²) >= 11 is 1.24. The zero-order valence-corrected chi connectivity index (χ0v) is 12.8. The zero-order chi connectivity index (χ0) is 14.4. The van der Waals surface area contributed by atoms with Crippen LogP contribution in [0.1, 0.15) is 42.1 Å². The van der Waals surface area contributed by atoms with Crippen molar-refractivity contribution in [3.05, 3.63) is 10.6 Å². The van der Waals surface area contributed by atoms with Crippen LogP contribution in [0.4, 0.5) is 5.13 Å². The maximum absolute atomic E-state index is 11.1. The van der Waals surface area contributed by atoms with Crippen LogP contribution in [0.3, 0.4) is 0 Å². The first-order valence-electron chi connectivity index (χ1n) is 6.51. The number of ether oxygens (including phenoxy) is 1. The van der Waals surface area contributed by atoms with Crippen molar-refractivity contribution in [1.82, 2.24) is 4.98 Å². The van der Waals surface area contributed by atoms with Crippen LogP contribution in [0.25, 0.3) is 0 Å². The van der Waals surface area contributed by atoms with Crippen LogP contribution in [-0.2, 0) is 4.74 Å². The molecule has 108 valence electrons. The highest BCUT2D eigenvalue weighted by molar-refractivity contribution is 7.17. The summed E-state index contributed by atoms with van der Waals surface area (Å²) in [7, 11) is 1.67. The number of nitrogens with zero attached hydrogens (tertiary/aromatic N) is 2. The summed E-state index contributed by atoms with van der Waals surface area (Å²) in [6, 6.07) is 0.363. The lowest BCUT2D eigenvalue weighted by Gasteiger charge is -2.29. The number of anilines is 1. The van der Waals surface area contributed by atoms with Crippen LogP contribution >= 0.6 is 11.3 Å². The molecule has 1 heterocycles. The fraction of sp³-hybridized carbons (Fsp3) is 0.692. The predicted octanol–water partition coefficient (Wildman–Crippen LogP) is 2.79. The summed E-state index contributed by atoms with van der Waals surface area (Å²) < 4.78 is 5.14. The third-order valence-electron chi connectivity index (χ3n) is 3.14. The van der Waals surface area contributed by atoms with Crippen LogP contribution < -0.4 is 4.90 Å². The number of methoxy groups -OCH3 is 1. The maximum Gasteiger partial charge on any atom is 0.347 e. The van der Waals surface area contributed by atoms with E-state index in [1.807, 2.05) is 0 Å². The third kappa shape index (κ3) is 3.91. The molecule has 1 aromatic heterocycles. The molecule has 0 aromatic carbocycles. The molecular weight excluding hydrogens is 264 g/mol. The van der Waals surface area contributed by atoms with E-state index in [1.165, 1.54) is 11.3 Å². The number of aromatic nitrogens is 1. The molecule has 0 saturated carbocycles. The molecule has 0 unspecified atom stereocenters. The van der Waals surface area contributed by atoms with Gasteiger partial charge in [0.25, 0.3) is 0 Å². The number of carboxylic acids is 1. The molecule has 1 aromatic rings. The Labute approximate surface area is 118 Å². The van der Waals surface area contributed by atoms with Gasteiger partial charge in [0.1, 0.15) is 4.88 Å². The number of hydrogen-bond acceptors (Lipinski definition) is 5. The molecule has 0 spiro atoms. The van der Waals surface area contributed by atoms with Gasteiger partial charge in [-0.15, -0.1) is 0 Å². The SMILES string of the molecule is CCC(CC)N(CCOC)c1nc(C)c(C(=O)O)s1. The molecule has 0 bridgehead atoms. The maximum atomic E-state index is 11.1. The summed E-state index contributed by atoms with van der Waals surface area (Å²) in [4.78, 5) is 18.0. The number of rotatable bonds is 8. The van der Waals surface area contributed by atoms with Gasteiger partial charge in [0.2, 0.25) is 0 Å². The van der Waals surface area contributed by atoms with Crippen molar-refractivity contribution in [2.75, 3.05) is 25.2 Å². The summed E-state index contributed by atoms with van der Waals surface area (Å²) in [5.41, 5.74) is 0.584. The Morgan fingerprint density at radius 1 is 1.47 bits per heavy atom. The van der Waals surface area contributed by atoms with Crippen LogP contribution in [0.15, 0.2) is 0 Å². The van der Waals surface area contributed by atoms with E-state index in [0.717, 1.165) is 24.5 Å². The molecule has 0 fully saturated rings. The average molecular weight is 286 g/mol. The summed E-state index contributed by atoms with van der Waals surface area (Å²) in [6.45, 7) is 7.34. The minimum atomic E-state index is -0.905. The van der Waals surface area contributed by atoms with E-state index in [9.17, 15) is 4.79 Å². The van der Waals surface area contributed by atoms with Crippen molar-refractivity contribution < 1.29 is 14.6 Å². The minimum absolute atomic E-state index is 0.323. The van der Waals surface area contributed by atoms with Gasteiger partial charge in [-0.05, 0) is 19.8 Å². The molecule has 0 aliphatic rings. The van der Waals surface area contributed by atoms with Gasteiger partial charge in [-0.2, -0.15) is 0 Å². The van der Waals surface area contributed by atoms with Crippen LogP contribution in [0, 0.1) is 6.92 Å². The number of carbonyl (C=O) groups is 1. The Balaban J connectivity index is 3.02. The van der Waals surface area contributed by atoms with Gasteiger partial charge >= 0.3 is 5.97 Å². The lowest BCUT2D eigenvalue weighted by Crippen LogP contribution is -2.37. The van der Waals surface area contributed by atoms with Crippen LogP contribution in [0.2, 0.25) is 0 Å². The molecule has 1 rings (SSSR count). The molecule has 0 atom stereocenters. The van der Waals surface area contributed by atoms with E-state index in [2.05, 4.69) is 23.7 Å². The summed E-state index contributed by atoms with van der Waals surface area (Å²) in [5.74, 6) is -0.905. The van der Waals surface area contributed by atoms with Crippen molar-refractivity contribution in [2.45, 2.75) is 39.7 Å². The smallest absolute Gasteiger partial charge is 0.347 e. The standard InChI is InChI=1S/C13H22N2O3S/c1-5-10(6-2)15(7-8-18-4)13-14-9(3)11(19-13)12(16)17/h10H,5-8H2,1-4H3,(H,16,17). The van der Waals surface area contributed by atoms with Gasteiger partial charge in [-0.1, -0.05) is 25.2 Å². The Morgan fingerprint density at radius 3 is 2.53 bits per heavy atom. The summed E-state index contributed by atoms with van der Waals surface area (Å²) in [6.07, 6.45) is 2.00. The highest BCUT2D eigenvalue weighted by atomic mass is 32.1. The van der Waals surface area contributed by atoms with Crippen molar-refractivity contribution in [2.24, 2.45) is 0 Å². The molecule has 0 aliphatic carbocycles. The Hall–Kier alpha value is -1.14. The van der Waals surface area contributed by atoms with E-state index in [0.29, 0.717) is 23.2 Å². The number of hydrogen-bond donors (Lipinski definition) is 1. The van der Waals surface area contributed by atoms with Crippen molar-refractivity contribution in [3.63, 3.8) is 0 Å². The number of aromatic carboxylic acids is 1. The van der Waals surface area contributed by atoms with Gasteiger partial charge in [0.15, 0.2) is 5.13 Å². The number of carboxylic acid groups (broad SMARTS) is 1. The first-order valence-corrected chi connectivity index (χ1v) is 7.33. The molecule has 0 amide bonds. The Kier molecular flexibility index (Phi) is 6.24. The zero-order valence-electron chi connectivity index (χ0n) is 12.0. The summed E-state index contributed by atoms with van der Waals surface area (Å²) in [5, 5.41) is 9.90. The molecule has 6 heteroatoms. The monoisotopic (exact) mass is 286 g/mol. The molecule has 19 heavy (non-hydrogen) atoms. The highest BCUT2D eigenvalue weighted by Gasteiger charge is 2.22. The third-order valence-corrected chi connectivity index (χ3v) is 4.33. The normalized spacial score (nSPS) is 11.0. The van der Waals surface area contributed by atoms with Crippen LogP contribution in [0.5, 0.6) is 0 Å². The molecular formula is C13H22N2O3S. The van der Waals surface area contributed by atoms with E-state index in [1.54, 1.807) is 14.0 Å². The van der Waals surface area contributed by atoms with Crippen molar-refractivity contribution >= 4 is 22.4 Å². The van der Waals surface area contributed by atoms with Gasteiger partial charge in [-0.3, -0.25) is 0 Å². The second-order valence-electron chi connectivity index (χ2n) is 4.37. The molecule has 0 saturated heterocycles. The van der Waals surface area contributed by atoms with E-state index in [-0.39, 0.29) is 0 Å². The van der Waals surface area contributed by atoms with Gasteiger partial charge < -0.3 is 14.7 Å². The van der Waals surface area contributed by atoms with Gasteiger partial charge in [0.05, 0.1) is 12.3 Å². The van der Waals surface area contributed by atoms with E-state index >= 15 is 0 Å². The van der Waals surface area contributed by atoms with Crippen LogP contribution in [-0.4, -0.2) is 42.4 Å². The van der Waals surface area contributed by atoms with E-state index < -0.39 is 5.97 Å². The minimum Gasteiger partial charge on any atom is -0.477 e. The number of aryl methyl sites for hydroxylation is 1. The Bertz CT molecular complexity index is 416. The topological polar surface area (TPSA) is 62.7 Å². The first-order chi connectivity index (χ1) is 9.04. The molecule has 0 aliphatic heterocycles. The quantitative estimate of drug-likeness (QED) is 0.796. The van der Waals surface area contributed by atoms with E-state index in [4.69, 9.17) is 9.84 Å². The highest BCUT2D eigenvalue weighted by Crippen LogP contribution is 2.28.